The number of halogens is 1. The summed E-state index contributed by atoms with van der Waals surface area (Å²) in [6.07, 6.45) is 1.46. The van der Waals surface area contributed by atoms with Gasteiger partial charge in [-0.15, -0.1) is 0 Å². The summed E-state index contributed by atoms with van der Waals surface area (Å²) in [5.74, 6) is 0. The summed E-state index contributed by atoms with van der Waals surface area (Å²) < 4.78 is 25.5. The van der Waals surface area contributed by atoms with E-state index in [1.165, 1.54) is 18.3 Å². The van der Waals surface area contributed by atoms with E-state index in [1.807, 2.05) is 42.2 Å². The van der Waals surface area contributed by atoms with Crippen molar-refractivity contribution in [2.24, 2.45) is 0 Å². The van der Waals surface area contributed by atoms with Crippen molar-refractivity contribution < 1.29 is 8.42 Å². The number of nitrogens with zero attached hydrogens (tertiary/aromatic N) is 3. The maximum atomic E-state index is 12.7. The van der Waals surface area contributed by atoms with Gasteiger partial charge in [-0.1, -0.05) is 35.4 Å². The third kappa shape index (κ3) is 4.44. The second kappa shape index (κ2) is 8.03. The number of nitriles is 1. The number of hydrogen-bond acceptors (Lipinski definition) is 5. The van der Waals surface area contributed by atoms with Gasteiger partial charge in [-0.2, -0.15) is 5.26 Å². The van der Waals surface area contributed by atoms with Gasteiger partial charge in [0.1, 0.15) is 6.07 Å². The number of hydrogen-bond donors (Lipinski definition) is 0. The summed E-state index contributed by atoms with van der Waals surface area (Å²) >= 11 is 6.05. The smallest absolute Gasteiger partial charge is 0.218 e. The van der Waals surface area contributed by atoms with Crippen LogP contribution in [0.15, 0.2) is 64.5 Å². The molecule has 140 valence electrons. The molecule has 0 atom stereocenters. The van der Waals surface area contributed by atoms with Crippen LogP contribution in [0.25, 0.3) is 0 Å². The van der Waals surface area contributed by atoms with Crippen molar-refractivity contribution >= 4 is 27.1 Å². The molecule has 7 heteroatoms. The van der Waals surface area contributed by atoms with E-state index in [0.29, 0.717) is 18.1 Å². The van der Waals surface area contributed by atoms with Crippen molar-refractivity contribution in [2.45, 2.75) is 11.8 Å². The summed E-state index contributed by atoms with van der Waals surface area (Å²) in [7, 11) is -3.81. The van der Waals surface area contributed by atoms with Crippen LogP contribution in [-0.4, -0.2) is 39.5 Å². The standard InChI is InChI=1S/C20H20ClN3O2S/c1-16-5-7-19(8-6-16)27(25,26)20(14-22)15-23-9-11-24(12-10-23)18-4-2-3-17(21)13-18/h2-8,13,15H,9-12H2,1H3. The molecule has 2 aromatic rings. The van der Waals surface area contributed by atoms with Crippen LogP contribution >= 0.6 is 11.6 Å². The monoisotopic (exact) mass is 401 g/mol. The molecule has 0 radical (unpaired) electrons. The van der Waals surface area contributed by atoms with Crippen LogP contribution in [0.2, 0.25) is 5.02 Å². The maximum Gasteiger partial charge on any atom is 0.218 e. The molecule has 3 rings (SSSR count). The molecule has 2 aromatic carbocycles. The molecule has 1 saturated heterocycles. The topological polar surface area (TPSA) is 64.4 Å². The number of aryl methyl sites for hydroxylation is 1. The molecule has 27 heavy (non-hydrogen) atoms. The number of anilines is 1. The molecule has 1 aliphatic heterocycles. The zero-order chi connectivity index (χ0) is 19.4. The minimum atomic E-state index is -3.81. The molecule has 0 N–H and O–H groups in total. The Morgan fingerprint density at radius 3 is 2.37 bits per heavy atom. The number of allylic oxidation sites excluding steroid dienone is 1. The second-order valence-electron chi connectivity index (χ2n) is 6.42. The molecular weight excluding hydrogens is 382 g/mol. The summed E-state index contributed by atoms with van der Waals surface area (Å²) in [5.41, 5.74) is 2.01. The lowest BCUT2D eigenvalue weighted by atomic mass is 10.2. The predicted molar refractivity (Wildman–Crippen MR) is 107 cm³/mol. The van der Waals surface area contributed by atoms with Crippen LogP contribution in [0.3, 0.4) is 0 Å². The Labute approximate surface area is 165 Å². The minimum absolute atomic E-state index is 0.137. The van der Waals surface area contributed by atoms with Gasteiger partial charge in [-0.25, -0.2) is 8.42 Å². The van der Waals surface area contributed by atoms with Crippen molar-refractivity contribution in [1.82, 2.24) is 4.90 Å². The van der Waals surface area contributed by atoms with Gasteiger partial charge < -0.3 is 9.80 Å². The molecule has 1 heterocycles. The van der Waals surface area contributed by atoms with Crippen LogP contribution < -0.4 is 4.90 Å². The fourth-order valence-corrected chi connectivity index (χ4v) is 4.29. The zero-order valence-electron chi connectivity index (χ0n) is 15.0. The quantitative estimate of drug-likeness (QED) is 0.732. The van der Waals surface area contributed by atoms with Crippen LogP contribution in [0.4, 0.5) is 5.69 Å². The largest absolute Gasteiger partial charge is 0.372 e. The molecule has 1 aliphatic rings. The summed E-state index contributed by atoms with van der Waals surface area (Å²) in [6.45, 7) is 4.58. The first-order valence-corrected chi connectivity index (χ1v) is 10.4. The fourth-order valence-electron chi connectivity index (χ4n) is 2.95. The van der Waals surface area contributed by atoms with Crippen molar-refractivity contribution in [2.75, 3.05) is 31.1 Å². The van der Waals surface area contributed by atoms with Gasteiger partial charge in [0.05, 0.1) is 4.90 Å². The third-order valence-electron chi connectivity index (χ3n) is 4.52. The molecule has 0 saturated carbocycles. The molecule has 0 aromatic heterocycles. The van der Waals surface area contributed by atoms with E-state index < -0.39 is 9.84 Å². The molecule has 0 spiro atoms. The van der Waals surface area contributed by atoms with E-state index in [-0.39, 0.29) is 9.80 Å². The molecular formula is C20H20ClN3O2S. The van der Waals surface area contributed by atoms with E-state index >= 15 is 0 Å². The SMILES string of the molecule is Cc1ccc(S(=O)(=O)C(C#N)=CN2CCN(c3cccc(Cl)c3)CC2)cc1. The van der Waals surface area contributed by atoms with Gasteiger partial charge >= 0.3 is 0 Å². The second-order valence-corrected chi connectivity index (χ2v) is 8.78. The number of sulfone groups is 1. The Kier molecular flexibility index (Phi) is 5.73. The minimum Gasteiger partial charge on any atom is -0.372 e. The van der Waals surface area contributed by atoms with Gasteiger partial charge in [0.25, 0.3) is 0 Å². The Bertz CT molecular complexity index is 987. The first kappa shape index (κ1) is 19.3. The Morgan fingerprint density at radius 2 is 1.78 bits per heavy atom. The van der Waals surface area contributed by atoms with E-state index in [4.69, 9.17) is 11.6 Å². The first-order valence-electron chi connectivity index (χ1n) is 8.58. The van der Waals surface area contributed by atoms with Gasteiger partial charge in [0, 0.05) is 43.1 Å². The normalized spacial score (nSPS) is 15.5. The zero-order valence-corrected chi connectivity index (χ0v) is 16.5. The van der Waals surface area contributed by atoms with Crippen molar-refractivity contribution in [3.63, 3.8) is 0 Å². The molecule has 5 nitrogen and oxygen atoms in total. The van der Waals surface area contributed by atoms with Gasteiger partial charge in [0.2, 0.25) is 9.84 Å². The maximum absolute atomic E-state index is 12.7. The van der Waals surface area contributed by atoms with E-state index in [1.54, 1.807) is 12.1 Å². The van der Waals surface area contributed by atoms with E-state index in [9.17, 15) is 13.7 Å². The predicted octanol–water partition coefficient (Wildman–Crippen LogP) is 3.61. The van der Waals surface area contributed by atoms with Crippen molar-refractivity contribution in [1.29, 1.82) is 5.26 Å². The van der Waals surface area contributed by atoms with Gasteiger partial charge in [-0.05, 0) is 37.3 Å². The van der Waals surface area contributed by atoms with Crippen LogP contribution in [0.1, 0.15) is 5.56 Å². The molecule has 0 amide bonds. The van der Waals surface area contributed by atoms with Crippen molar-refractivity contribution in [3.05, 3.63) is 70.2 Å². The lowest BCUT2D eigenvalue weighted by Crippen LogP contribution is -2.44. The number of rotatable bonds is 4. The highest BCUT2D eigenvalue weighted by Crippen LogP contribution is 2.23. The van der Waals surface area contributed by atoms with Crippen LogP contribution in [0, 0.1) is 18.3 Å². The Hall–Kier alpha value is -2.49. The highest BCUT2D eigenvalue weighted by molar-refractivity contribution is 7.95. The highest BCUT2D eigenvalue weighted by Gasteiger charge is 2.23. The molecule has 1 fully saturated rings. The summed E-state index contributed by atoms with van der Waals surface area (Å²) in [5, 5.41) is 10.1. The lowest BCUT2D eigenvalue weighted by Gasteiger charge is -2.35. The average Bonchev–Trinajstić information content (AvgIpc) is 2.67. The number of benzene rings is 2. The number of piperazine rings is 1. The van der Waals surface area contributed by atoms with E-state index in [0.717, 1.165) is 24.3 Å². The first-order chi connectivity index (χ1) is 12.9. The fraction of sp³-hybridized carbons (Fsp3) is 0.250. The van der Waals surface area contributed by atoms with Gasteiger partial charge in [-0.3, -0.25) is 0 Å². The summed E-state index contributed by atoms with van der Waals surface area (Å²) in [4.78, 5) is 3.98. The van der Waals surface area contributed by atoms with E-state index in [2.05, 4.69) is 4.90 Å². The average molecular weight is 402 g/mol. The Balaban J connectivity index is 1.74. The van der Waals surface area contributed by atoms with Gasteiger partial charge in [0.15, 0.2) is 4.91 Å². The van der Waals surface area contributed by atoms with Crippen LogP contribution in [-0.2, 0) is 9.84 Å². The van der Waals surface area contributed by atoms with Crippen molar-refractivity contribution in [3.8, 4) is 6.07 Å². The lowest BCUT2D eigenvalue weighted by molar-refractivity contribution is 0.348. The molecule has 0 unspecified atom stereocenters. The summed E-state index contributed by atoms with van der Waals surface area (Å²) in [6, 6.07) is 16.0. The van der Waals surface area contributed by atoms with Crippen LogP contribution in [0.5, 0.6) is 0 Å². The molecule has 0 bridgehead atoms. The third-order valence-corrected chi connectivity index (χ3v) is 6.42. The highest BCUT2D eigenvalue weighted by atomic mass is 35.5. The Morgan fingerprint density at radius 1 is 1.11 bits per heavy atom. The molecule has 0 aliphatic carbocycles.